The van der Waals surface area contributed by atoms with Crippen molar-refractivity contribution in [1.82, 2.24) is 14.5 Å². The van der Waals surface area contributed by atoms with Gasteiger partial charge >= 0.3 is 6.18 Å². The summed E-state index contributed by atoms with van der Waals surface area (Å²) in [6.07, 6.45) is -2.61. The minimum Gasteiger partial charge on any atom is -0.349 e. The molecule has 4 nitrogen and oxygen atoms in total. The Morgan fingerprint density at radius 1 is 1.14 bits per heavy atom. The number of fused-ring (bicyclic) bond motifs is 3. The fraction of sp³-hybridized carbons (Fsp3) is 0.238. The van der Waals surface area contributed by atoms with Crippen molar-refractivity contribution in [2.24, 2.45) is 0 Å². The number of benzene rings is 2. The van der Waals surface area contributed by atoms with Gasteiger partial charge in [-0.2, -0.15) is 13.2 Å². The van der Waals surface area contributed by atoms with Gasteiger partial charge in [-0.3, -0.25) is 9.36 Å². The molecular formula is C21H18F3N3OS. The van der Waals surface area contributed by atoms with Gasteiger partial charge in [0.05, 0.1) is 11.3 Å². The van der Waals surface area contributed by atoms with Crippen molar-refractivity contribution >= 4 is 33.7 Å². The number of para-hydroxylation sites is 1. The molecule has 2 heterocycles. The predicted octanol–water partition coefficient (Wildman–Crippen LogP) is 5.78. The minimum atomic E-state index is -4.49. The van der Waals surface area contributed by atoms with Gasteiger partial charge < -0.3 is 4.98 Å². The highest BCUT2D eigenvalue weighted by Gasteiger charge is 2.31. The molecule has 0 radical (unpaired) electrons. The lowest BCUT2D eigenvalue weighted by atomic mass is 10.2. The molecule has 0 saturated heterocycles. The molecule has 0 aliphatic rings. The lowest BCUT2D eigenvalue weighted by Gasteiger charge is -2.14. The first-order chi connectivity index (χ1) is 13.9. The highest BCUT2D eigenvalue weighted by atomic mass is 32.2. The van der Waals surface area contributed by atoms with E-state index in [-0.39, 0.29) is 11.2 Å². The summed E-state index contributed by atoms with van der Waals surface area (Å²) in [4.78, 5) is 21.1. The van der Waals surface area contributed by atoms with E-state index in [1.165, 1.54) is 28.5 Å². The molecule has 0 spiro atoms. The molecule has 2 aromatic carbocycles. The first-order valence-corrected chi connectivity index (χ1v) is 10.2. The fourth-order valence-corrected chi connectivity index (χ4v) is 4.28. The van der Waals surface area contributed by atoms with Crippen LogP contribution in [0.5, 0.6) is 0 Å². The van der Waals surface area contributed by atoms with E-state index in [2.05, 4.69) is 16.9 Å². The maximum atomic E-state index is 13.3. The Morgan fingerprint density at radius 2 is 1.93 bits per heavy atom. The van der Waals surface area contributed by atoms with Crippen LogP contribution in [0.4, 0.5) is 13.2 Å². The Morgan fingerprint density at radius 3 is 2.69 bits per heavy atom. The zero-order chi connectivity index (χ0) is 20.6. The normalized spacial score (nSPS) is 12.1. The number of halogens is 3. The Kier molecular flexibility index (Phi) is 5.12. The largest absolute Gasteiger partial charge is 0.416 e. The van der Waals surface area contributed by atoms with Gasteiger partial charge in [-0.1, -0.05) is 49.4 Å². The molecule has 150 valence electrons. The van der Waals surface area contributed by atoms with Crippen LogP contribution in [0.25, 0.3) is 27.6 Å². The summed E-state index contributed by atoms with van der Waals surface area (Å²) >= 11 is 1.38. The number of hydrogen-bond donors (Lipinski definition) is 1. The van der Waals surface area contributed by atoms with E-state index in [0.717, 1.165) is 41.6 Å². The number of nitrogens with zero attached hydrogens (tertiary/aromatic N) is 2. The van der Waals surface area contributed by atoms with E-state index >= 15 is 0 Å². The SMILES string of the molecule is CCCCSc1nc2c([nH]c3ccccc32)c(=O)n1-c1cccc(C(F)(F)F)c1. The summed E-state index contributed by atoms with van der Waals surface area (Å²) in [6.45, 7) is 2.05. The number of unbranched alkanes of at least 4 members (excludes halogenated alkanes) is 1. The van der Waals surface area contributed by atoms with Gasteiger partial charge in [0.1, 0.15) is 11.0 Å². The number of alkyl halides is 3. The zero-order valence-corrected chi connectivity index (χ0v) is 16.4. The number of H-pyrrole nitrogens is 1. The second-order valence-corrected chi connectivity index (χ2v) is 7.74. The quantitative estimate of drug-likeness (QED) is 0.254. The topological polar surface area (TPSA) is 50.7 Å². The monoisotopic (exact) mass is 417 g/mol. The summed E-state index contributed by atoms with van der Waals surface area (Å²) < 4.78 is 40.9. The van der Waals surface area contributed by atoms with Gasteiger partial charge in [0.25, 0.3) is 5.56 Å². The number of thioether (sulfide) groups is 1. The highest BCUT2D eigenvalue weighted by Crippen LogP contribution is 2.32. The van der Waals surface area contributed by atoms with Crippen molar-refractivity contribution in [1.29, 1.82) is 0 Å². The molecule has 29 heavy (non-hydrogen) atoms. The van der Waals surface area contributed by atoms with Gasteiger partial charge in [0, 0.05) is 16.7 Å². The van der Waals surface area contributed by atoms with Crippen molar-refractivity contribution in [3.63, 3.8) is 0 Å². The van der Waals surface area contributed by atoms with Gasteiger partial charge in [-0.25, -0.2) is 4.98 Å². The standard InChI is InChI=1S/C21H18F3N3OS/c1-2-3-11-29-20-26-17-15-9-4-5-10-16(15)25-18(17)19(28)27(20)14-8-6-7-13(12-14)21(22,23)24/h4-10,12,25H,2-3,11H2,1H3. The van der Waals surface area contributed by atoms with E-state index < -0.39 is 17.3 Å². The molecule has 0 saturated carbocycles. The van der Waals surface area contributed by atoms with Crippen LogP contribution in [0.2, 0.25) is 0 Å². The van der Waals surface area contributed by atoms with Crippen molar-refractivity contribution < 1.29 is 13.2 Å². The molecule has 0 atom stereocenters. The molecule has 0 amide bonds. The molecule has 0 bridgehead atoms. The van der Waals surface area contributed by atoms with Crippen molar-refractivity contribution in [2.45, 2.75) is 31.1 Å². The summed E-state index contributed by atoms with van der Waals surface area (Å²) in [7, 11) is 0. The van der Waals surface area contributed by atoms with Crippen molar-refractivity contribution in [2.75, 3.05) is 5.75 Å². The second-order valence-electron chi connectivity index (χ2n) is 6.68. The third-order valence-corrected chi connectivity index (χ3v) is 5.68. The van der Waals surface area contributed by atoms with Gasteiger partial charge in [-0.05, 0) is 30.7 Å². The van der Waals surface area contributed by atoms with Crippen LogP contribution in [0.15, 0.2) is 58.5 Å². The average molecular weight is 417 g/mol. The highest BCUT2D eigenvalue weighted by molar-refractivity contribution is 7.99. The summed E-state index contributed by atoms with van der Waals surface area (Å²) in [5.41, 5.74) is 0.513. The second kappa shape index (κ2) is 7.59. The number of rotatable bonds is 5. The predicted molar refractivity (Wildman–Crippen MR) is 110 cm³/mol. The summed E-state index contributed by atoms with van der Waals surface area (Å²) in [6, 6.07) is 12.2. The maximum Gasteiger partial charge on any atom is 0.416 e. The number of nitrogens with one attached hydrogen (secondary N) is 1. The summed E-state index contributed by atoms with van der Waals surface area (Å²) in [5.74, 6) is 0.718. The maximum absolute atomic E-state index is 13.3. The van der Waals surface area contributed by atoms with E-state index in [1.54, 1.807) is 0 Å². The smallest absolute Gasteiger partial charge is 0.349 e. The van der Waals surface area contributed by atoms with E-state index in [1.807, 2.05) is 24.3 Å². The first-order valence-electron chi connectivity index (χ1n) is 9.24. The number of aromatic nitrogens is 3. The van der Waals surface area contributed by atoms with E-state index in [0.29, 0.717) is 10.7 Å². The molecule has 0 aliphatic carbocycles. The lowest BCUT2D eigenvalue weighted by molar-refractivity contribution is -0.137. The number of hydrogen-bond acceptors (Lipinski definition) is 3. The minimum absolute atomic E-state index is 0.150. The Bertz CT molecular complexity index is 1240. The van der Waals surface area contributed by atoms with Crippen LogP contribution in [0.1, 0.15) is 25.3 Å². The van der Waals surface area contributed by atoms with E-state index in [4.69, 9.17) is 0 Å². The molecule has 0 unspecified atom stereocenters. The van der Waals surface area contributed by atoms with Crippen LogP contribution in [0.3, 0.4) is 0 Å². The first kappa shape index (κ1) is 19.6. The molecule has 2 aromatic heterocycles. The fourth-order valence-electron chi connectivity index (χ4n) is 3.20. The van der Waals surface area contributed by atoms with Crippen LogP contribution < -0.4 is 5.56 Å². The molecule has 4 rings (SSSR count). The average Bonchev–Trinajstić information content (AvgIpc) is 3.07. The van der Waals surface area contributed by atoms with Crippen LogP contribution in [-0.4, -0.2) is 20.3 Å². The van der Waals surface area contributed by atoms with Gasteiger partial charge in [0.15, 0.2) is 5.16 Å². The van der Waals surface area contributed by atoms with Gasteiger partial charge in [0.2, 0.25) is 0 Å². The third-order valence-electron chi connectivity index (χ3n) is 4.66. The Labute approximate surface area is 168 Å². The lowest BCUT2D eigenvalue weighted by Crippen LogP contribution is -2.22. The molecule has 1 N–H and O–H groups in total. The molecule has 8 heteroatoms. The summed E-state index contributed by atoms with van der Waals surface area (Å²) in [5, 5.41) is 1.20. The molecule has 0 fully saturated rings. The van der Waals surface area contributed by atoms with Crippen LogP contribution >= 0.6 is 11.8 Å². The molecule has 0 aliphatic heterocycles. The van der Waals surface area contributed by atoms with E-state index in [9.17, 15) is 18.0 Å². The van der Waals surface area contributed by atoms with Gasteiger partial charge in [-0.15, -0.1) is 0 Å². The zero-order valence-electron chi connectivity index (χ0n) is 15.6. The molecular weight excluding hydrogens is 399 g/mol. The number of aromatic amines is 1. The van der Waals surface area contributed by atoms with Crippen molar-refractivity contribution in [3.05, 3.63) is 64.4 Å². The molecule has 4 aromatic rings. The third kappa shape index (κ3) is 3.64. The Hall–Kier alpha value is -2.74. The Balaban J connectivity index is 1.98. The van der Waals surface area contributed by atoms with Crippen LogP contribution in [0, 0.1) is 0 Å². The van der Waals surface area contributed by atoms with Crippen LogP contribution in [-0.2, 0) is 6.18 Å². The van der Waals surface area contributed by atoms with Crippen molar-refractivity contribution in [3.8, 4) is 5.69 Å².